The standard InChI is InChI=1S/C20H30N2O6/c23-19(11-21-28-17-8-4-5-9-17)18(10-15-6-2-1-3-7-15)22(20(24)25)16-12-26-14-27-13-16/h1-3,6-7,16-19,21,23H,4-5,8-14H2,(H,24,25)/t18-,19+/m0/s1. The van der Waals surface area contributed by atoms with Crippen LogP contribution in [0.25, 0.3) is 0 Å². The summed E-state index contributed by atoms with van der Waals surface area (Å²) in [5.41, 5.74) is 3.81. The Morgan fingerprint density at radius 1 is 1.21 bits per heavy atom. The lowest BCUT2D eigenvalue weighted by Crippen LogP contribution is -2.58. The van der Waals surface area contributed by atoms with Gasteiger partial charge in [-0.15, -0.1) is 0 Å². The van der Waals surface area contributed by atoms with Crippen LogP contribution >= 0.6 is 0 Å². The normalized spacial score (nSPS) is 20.8. The van der Waals surface area contributed by atoms with E-state index in [-0.39, 0.29) is 32.7 Å². The topological polar surface area (TPSA) is 100 Å². The minimum absolute atomic E-state index is 0.145. The van der Waals surface area contributed by atoms with Gasteiger partial charge in [-0.25, -0.2) is 4.79 Å². The van der Waals surface area contributed by atoms with Gasteiger partial charge in [-0.1, -0.05) is 43.2 Å². The van der Waals surface area contributed by atoms with Gasteiger partial charge in [0.05, 0.1) is 37.5 Å². The van der Waals surface area contributed by atoms with E-state index in [0.717, 1.165) is 31.2 Å². The number of nitrogens with one attached hydrogen (secondary N) is 1. The van der Waals surface area contributed by atoms with Crippen LogP contribution in [-0.2, 0) is 20.7 Å². The first-order valence-corrected chi connectivity index (χ1v) is 9.92. The largest absolute Gasteiger partial charge is 0.465 e. The van der Waals surface area contributed by atoms with Crippen molar-refractivity contribution < 1.29 is 29.3 Å². The maximum absolute atomic E-state index is 12.1. The quantitative estimate of drug-likeness (QED) is 0.549. The second-order valence-electron chi connectivity index (χ2n) is 7.40. The number of hydrogen-bond acceptors (Lipinski definition) is 6. The van der Waals surface area contributed by atoms with E-state index in [9.17, 15) is 15.0 Å². The molecule has 2 fully saturated rings. The minimum Gasteiger partial charge on any atom is -0.465 e. The molecule has 3 rings (SSSR count). The second-order valence-corrected chi connectivity index (χ2v) is 7.40. The number of carboxylic acid groups (broad SMARTS) is 1. The van der Waals surface area contributed by atoms with Crippen LogP contribution in [0.3, 0.4) is 0 Å². The summed E-state index contributed by atoms with van der Waals surface area (Å²) in [5, 5.41) is 20.7. The van der Waals surface area contributed by atoms with Gasteiger partial charge >= 0.3 is 6.09 Å². The molecular weight excluding hydrogens is 364 g/mol. The van der Waals surface area contributed by atoms with Crippen LogP contribution in [0.5, 0.6) is 0 Å². The van der Waals surface area contributed by atoms with Crippen LogP contribution in [0.4, 0.5) is 4.79 Å². The maximum Gasteiger partial charge on any atom is 0.408 e. The molecule has 8 nitrogen and oxygen atoms in total. The monoisotopic (exact) mass is 394 g/mol. The van der Waals surface area contributed by atoms with Gasteiger partial charge in [0.2, 0.25) is 0 Å². The molecule has 0 spiro atoms. The van der Waals surface area contributed by atoms with Gasteiger partial charge in [-0.3, -0.25) is 9.74 Å². The molecule has 1 amide bonds. The Morgan fingerprint density at radius 3 is 2.54 bits per heavy atom. The lowest BCUT2D eigenvalue weighted by atomic mass is 9.98. The van der Waals surface area contributed by atoms with Crippen LogP contribution < -0.4 is 5.48 Å². The number of hydrogen-bond donors (Lipinski definition) is 3. The molecule has 0 unspecified atom stereocenters. The van der Waals surface area contributed by atoms with E-state index in [0.29, 0.717) is 6.42 Å². The highest BCUT2D eigenvalue weighted by Gasteiger charge is 2.36. The number of benzene rings is 1. The average Bonchev–Trinajstić information content (AvgIpc) is 3.22. The Hall–Kier alpha value is -1.71. The number of aliphatic hydroxyl groups excluding tert-OH is 1. The van der Waals surface area contributed by atoms with Crippen molar-refractivity contribution in [1.29, 1.82) is 0 Å². The number of nitrogens with zero attached hydrogens (tertiary/aromatic N) is 1. The third kappa shape index (κ3) is 5.89. The van der Waals surface area contributed by atoms with Crippen molar-refractivity contribution in [3.63, 3.8) is 0 Å². The molecule has 1 saturated heterocycles. The Bertz CT molecular complexity index is 590. The van der Waals surface area contributed by atoms with E-state index >= 15 is 0 Å². The lowest BCUT2D eigenvalue weighted by molar-refractivity contribution is -0.141. The minimum atomic E-state index is -1.10. The number of amides is 1. The first kappa shape index (κ1) is 21.0. The molecule has 1 aliphatic carbocycles. The third-order valence-electron chi connectivity index (χ3n) is 5.34. The fourth-order valence-electron chi connectivity index (χ4n) is 3.87. The molecule has 3 N–H and O–H groups in total. The SMILES string of the molecule is O=C(O)N(C1COCOC1)[C@@H](Cc1ccccc1)[C@H](O)CNOC1CCCC1. The fourth-order valence-corrected chi connectivity index (χ4v) is 3.87. The van der Waals surface area contributed by atoms with Crippen LogP contribution in [0.2, 0.25) is 0 Å². The Morgan fingerprint density at radius 2 is 1.89 bits per heavy atom. The van der Waals surface area contributed by atoms with Crippen molar-refractivity contribution >= 4 is 6.09 Å². The Labute approximate surface area is 165 Å². The van der Waals surface area contributed by atoms with Crippen LogP contribution in [-0.4, -0.2) is 72.0 Å². The number of carbonyl (C=O) groups is 1. The summed E-state index contributed by atoms with van der Waals surface area (Å²) in [7, 11) is 0. The van der Waals surface area contributed by atoms with Crippen molar-refractivity contribution in [3.05, 3.63) is 35.9 Å². The summed E-state index contributed by atoms with van der Waals surface area (Å²) >= 11 is 0. The molecule has 1 heterocycles. The first-order chi connectivity index (χ1) is 13.6. The number of ether oxygens (including phenoxy) is 2. The van der Waals surface area contributed by atoms with Crippen molar-refractivity contribution in [1.82, 2.24) is 10.4 Å². The number of aliphatic hydroxyl groups is 1. The molecule has 28 heavy (non-hydrogen) atoms. The summed E-state index contributed by atoms with van der Waals surface area (Å²) in [4.78, 5) is 19.0. The van der Waals surface area contributed by atoms with Crippen molar-refractivity contribution in [2.24, 2.45) is 0 Å². The zero-order chi connectivity index (χ0) is 19.8. The maximum atomic E-state index is 12.1. The molecule has 0 aromatic heterocycles. The van der Waals surface area contributed by atoms with E-state index < -0.39 is 24.3 Å². The first-order valence-electron chi connectivity index (χ1n) is 9.92. The zero-order valence-electron chi connectivity index (χ0n) is 16.0. The fraction of sp³-hybridized carbons (Fsp3) is 0.650. The lowest BCUT2D eigenvalue weighted by Gasteiger charge is -2.39. The van der Waals surface area contributed by atoms with E-state index in [2.05, 4.69) is 5.48 Å². The molecule has 8 heteroatoms. The highest BCUT2D eigenvalue weighted by Crippen LogP contribution is 2.21. The van der Waals surface area contributed by atoms with Gasteiger partial charge < -0.3 is 19.7 Å². The van der Waals surface area contributed by atoms with Crippen molar-refractivity contribution in [3.8, 4) is 0 Å². The van der Waals surface area contributed by atoms with Crippen molar-refractivity contribution in [2.75, 3.05) is 26.6 Å². The molecule has 0 radical (unpaired) electrons. The highest BCUT2D eigenvalue weighted by molar-refractivity contribution is 5.66. The predicted molar refractivity (Wildman–Crippen MR) is 102 cm³/mol. The molecule has 156 valence electrons. The van der Waals surface area contributed by atoms with E-state index in [1.54, 1.807) is 0 Å². The summed E-state index contributed by atoms with van der Waals surface area (Å²) in [5.74, 6) is 0. The van der Waals surface area contributed by atoms with E-state index in [4.69, 9.17) is 14.3 Å². The molecule has 0 bridgehead atoms. The molecule has 1 aliphatic heterocycles. The number of hydroxylamine groups is 1. The van der Waals surface area contributed by atoms with Gasteiger partial charge in [0.1, 0.15) is 6.79 Å². The Kier molecular flexibility index (Phi) is 8.05. The van der Waals surface area contributed by atoms with Crippen molar-refractivity contribution in [2.45, 2.75) is 56.4 Å². The summed E-state index contributed by atoms with van der Waals surface area (Å²) in [6.07, 6.45) is 2.82. The zero-order valence-corrected chi connectivity index (χ0v) is 16.0. The highest BCUT2D eigenvalue weighted by atomic mass is 16.7. The summed E-state index contributed by atoms with van der Waals surface area (Å²) < 4.78 is 10.6. The smallest absolute Gasteiger partial charge is 0.408 e. The van der Waals surface area contributed by atoms with Gasteiger partial charge in [-0.05, 0) is 24.8 Å². The molecular formula is C20H30N2O6. The predicted octanol–water partition coefficient (Wildman–Crippen LogP) is 1.78. The van der Waals surface area contributed by atoms with Crippen LogP contribution in [0.15, 0.2) is 30.3 Å². The summed E-state index contributed by atoms with van der Waals surface area (Å²) in [6.45, 7) is 0.797. The van der Waals surface area contributed by atoms with E-state index in [1.165, 1.54) is 4.90 Å². The van der Waals surface area contributed by atoms with Gasteiger partial charge in [0.15, 0.2) is 0 Å². The molecule has 1 saturated carbocycles. The molecule has 1 aromatic carbocycles. The average molecular weight is 394 g/mol. The van der Waals surface area contributed by atoms with Gasteiger partial charge in [-0.2, -0.15) is 5.48 Å². The summed E-state index contributed by atoms with van der Waals surface area (Å²) in [6, 6.07) is 8.44. The van der Waals surface area contributed by atoms with Crippen LogP contribution in [0, 0.1) is 0 Å². The Balaban J connectivity index is 1.69. The molecule has 2 aliphatic rings. The molecule has 2 atom stereocenters. The van der Waals surface area contributed by atoms with Gasteiger partial charge in [0, 0.05) is 6.54 Å². The number of rotatable bonds is 9. The van der Waals surface area contributed by atoms with Crippen LogP contribution in [0.1, 0.15) is 31.2 Å². The second kappa shape index (κ2) is 10.7. The van der Waals surface area contributed by atoms with Gasteiger partial charge in [0.25, 0.3) is 0 Å². The molecule has 1 aromatic rings. The third-order valence-corrected chi connectivity index (χ3v) is 5.34. The van der Waals surface area contributed by atoms with E-state index in [1.807, 2.05) is 30.3 Å².